The van der Waals surface area contributed by atoms with Crippen LogP contribution in [-0.4, -0.2) is 27.3 Å². The second-order valence-electron chi connectivity index (χ2n) is 11.5. The Kier molecular flexibility index (Phi) is 15.0. The molecule has 7 heteroatoms. The van der Waals surface area contributed by atoms with Crippen LogP contribution in [-0.2, 0) is 10.8 Å². The lowest BCUT2D eigenvalue weighted by Gasteiger charge is -2.26. The maximum atomic E-state index is 9.41. The van der Waals surface area contributed by atoms with Gasteiger partial charge in [-0.05, 0) is 83.6 Å². The largest absolute Gasteiger partial charge is 0.508 e. The summed E-state index contributed by atoms with van der Waals surface area (Å²) in [5.41, 5.74) is 4.28. The molecule has 0 spiro atoms. The van der Waals surface area contributed by atoms with Gasteiger partial charge in [-0.15, -0.1) is 0 Å². The van der Waals surface area contributed by atoms with Crippen molar-refractivity contribution in [1.29, 1.82) is 10.5 Å². The number of benzene rings is 4. The molecule has 0 aliphatic rings. The van der Waals surface area contributed by atoms with E-state index in [1.54, 1.807) is 36.4 Å². The lowest BCUT2D eigenvalue weighted by Crippen LogP contribution is -2.18. The van der Waals surface area contributed by atoms with Gasteiger partial charge in [0.15, 0.2) is 0 Å². The maximum absolute atomic E-state index is 9.41. The molecule has 45 heavy (non-hydrogen) atoms. The third-order valence-corrected chi connectivity index (χ3v) is 8.03. The zero-order valence-corrected chi connectivity index (χ0v) is 28.1. The fourth-order valence-electron chi connectivity index (χ4n) is 4.42. The Morgan fingerprint density at radius 2 is 0.867 bits per heavy atom. The SMILES string of the molecule is CC(C)(c1ccc(O)cc1)c1ccc(O)cc1.CC(C)(c1ccc(O)cc1)c1ccc(OCCCC#N)cc1.N#CCCCBr. The van der Waals surface area contributed by atoms with E-state index >= 15 is 0 Å². The zero-order chi connectivity index (χ0) is 33.3. The molecule has 0 aromatic heterocycles. The first-order chi connectivity index (χ1) is 21.4. The number of hydrogen-bond donors (Lipinski definition) is 3. The van der Waals surface area contributed by atoms with Crippen molar-refractivity contribution in [3.05, 3.63) is 119 Å². The van der Waals surface area contributed by atoms with Crippen LogP contribution in [0.3, 0.4) is 0 Å². The third kappa shape index (κ3) is 11.9. The van der Waals surface area contributed by atoms with E-state index in [2.05, 4.69) is 61.8 Å². The number of phenols is 3. The summed E-state index contributed by atoms with van der Waals surface area (Å²) in [6.07, 6.45) is 2.91. The highest BCUT2D eigenvalue weighted by atomic mass is 79.9. The normalized spacial score (nSPS) is 10.6. The van der Waals surface area contributed by atoms with Crippen molar-refractivity contribution in [2.75, 3.05) is 11.9 Å². The van der Waals surface area contributed by atoms with Gasteiger partial charge >= 0.3 is 0 Å². The van der Waals surface area contributed by atoms with Gasteiger partial charge < -0.3 is 20.1 Å². The summed E-state index contributed by atoms with van der Waals surface area (Å²) in [4.78, 5) is 0. The molecular weight excluding hydrogens is 628 g/mol. The van der Waals surface area contributed by atoms with E-state index in [1.807, 2.05) is 54.6 Å². The summed E-state index contributed by atoms with van der Waals surface area (Å²) in [7, 11) is 0. The Balaban J connectivity index is 0.000000272. The molecule has 0 heterocycles. The lowest BCUT2D eigenvalue weighted by molar-refractivity contribution is 0.312. The van der Waals surface area contributed by atoms with Crippen molar-refractivity contribution >= 4 is 15.9 Å². The minimum atomic E-state index is -0.151. The molecule has 4 aromatic rings. The van der Waals surface area contributed by atoms with E-state index in [9.17, 15) is 15.3 Å². The van der Waals surface area contributed by atoms with Crippen LogP contribution in [0.5, 0.6) is 23.0 Å². The number of unbranched alkanes of at least 4 members (excludes halogenated alkanes) is 2. The van der Waals surface area contributed by atoms with Crippen molar-refractivity contribution in [2.45, 2.75) is 64.2 Å². The number of ether oxygens (including phenoxy) is 1. The van der Waals surface area contributed by atoms with E-state index < -0.39 is 0 Å². The molecule has 0 atom stereocenters. The maximum Gasteiger partial charge on any atom is 0.119 e. The van der Waals surface area contributed by atoms with Gasteiger partial charge in [-0.1, -0.05) is 92.2 Å². The van der Waals surface area contributed by atoms with E-state index in [0.717, 1.165) is 40.6 Å². The smallest absolute Gasteiger partial charge is 0.119 e. The fourth-order valence-corrected chi connectivity index (χ4v) is 4.70. The predicted molar refractivity (Wildman–Crippen MR) is 184 cm³/mol. The minimum absolute atomic E-state index is 0.146. The van der Waals surface area contributed by atoms with Crippen molar-refractivity contribution in [1.82, 2.24) is 0 Å². The number of halogens is 1. The fraction of sp³-hybridized carbons (Fsp3) is 0.316. The summed E-state index contributed by atoms with van der Waals surface area (Å²) in [5, 5.41) is 45.4. The van der Waals surface area contributed by atoms with Gasteiger partial charge in [0.2, 0.25) is 0 Å². The molecule has 0 amide bonds. The highest BCUT2D eigenvalue weighted by Crippen LogP contribution is 2.34. The Bertz CT molecular complexity index is 1450. The standard InChI is InChI=1S/C19H21NO2.C15H16O2.C4H6BrN/c1-19(2,15-5-9-17(21)10-6-15)16-7-11-18(12-8-16)22-14-4-3-13-20;1-15(2,11-3-7-13(16)8-4-11)12-5-9-14(17)10-6-12;5-3-1-2-4-6/h5-12,21H,3-4,14H2,1-2H3;3-10,16-17H,1-2H3;1-3H2. The molecule has 0 unspecified atom stereocenters. The number of aromatic hydroxyl groups is 3. The molecule has 4 rings (SSSR count). The van der Waals surface area contributed by atoms with Crippen LogP contribution in [0, 0.1) is 22.7 Å². The van der Waals surface area contributed by atoms with E-state index in [1.165, 1.54) is 5.56 Å². The number of rotatable bonds is 10. The molecule has 0 saturated heterocycles. The Morgan fingerprint density at radius 1 is 0.556 bits per heavy atom. The van der Waals surface area contributed by atoms with Crippen molar-refractivity contribution in [3.8, 4) is 35.1 Å². The van der Waals surface area contributed by atoms with Gasteiger partial charge in [0.1, 0.15) is 23.0 Å². The van der Waals surface area contributed by atoms with E-state index in [4.69, 9.17) is 15.3 Å². The first-order valence-corrected chi connectivity index (χ1v) is 16.0. The molecule has 0 radical (unpaired) electrons. The van der Waals surface area contributed by atoms with E-state index in [0.29, 0.717) is 19.4 Å². The Morgan fingerprint density at radius 3 is 1.16 bits per heavy atom. The van der Waals surface area contributed by atoms with Gasteiger partial charge in [0.25, 0.3) is 0 Å². The lowest BCUT2D eigenvalue weighted by atomic mass is 9.78. The first-order valence-electron chi connectivity index (χ1n) is 14.9. The van der Waals surface area contributed by atoms with Crippen LogP contribution in [0.15, 0.2) is 97.1 Å². The summed E-state index contributed by atoms with van der Waals surface area (Å²) >= 11 is 3.20. The molecule has 0 saturated carbocycles. The topological polar surface area (TPSA) is 118 Å². The molecule has 3 N–H and O–H groups in total. The summed E-state index contributed by atoms with van der Waals surface area (Å²) in [6.45, 7) is 9.11. The van der Waals surface area contributed by atoms with Crippen LogP contribution in [0.25, 0.3) is 0 Å². The zero-order valence-electron chi connectivity index (χ0n) is 26.5. The Labute approximate surface area is 276 Å². The molecule has 0 aliphatic carbocycles. The molecule has 236 valence electrons. The monoisotopic (exact) mass is 670 g/mol. The molecule has 4 aromatic carbocycles. The van der Waals surface area contributed by atoms with E-state index in [-0.39, 0.29) is 28.1 Å². The summed E-state index contributed by atoms with van der Waals surface area (Å²) in [6, 6.07) is 34.0. The number of alkyl halides is 1. The van der Waals surface area contributed by atoms with Gasteiger partial charge in [0.05, 0.1) is 18.7 Å². The molecular formula is C38H43BrN2O4. The highest BCUT2D eigenvalue weighted by molar-refractivity contribution is 9.09. The van der Waals surface area contributed by atoms with Crippen LogP contribution in [0.4, 0.5) is 0 Å². The molecule has 0 fully saturated rings. The van der Waals surface area contributed by atoms with Crippen LogP contribution in [0.2, 0.25) is 0 Å². The second kappa shape index (κ2) is 18.4. The van der Waals surface area contributed by atoms with Gasteiger partial charge in [-0.3, -0.25) is 0 Å². The highest BCUT2D eigenvalue weighted by Gasteiger charge is 2.24. The van der Waals surface area contributed by atoms with Gasteiger partial charge in [0, 0.05) is 29.0 Å². The van der Waals surface area contributed by atoms with Crippen LogP contribution < -0.4 is 4.74 Å². The minimum Gasteiger partial charge on any atom is -0.508 e. The van der Waals surface area contributed by atoms with Crippen molar-refractivity contribution in [2.24, 2.45) is 0 Å². The van der Waals surface area contributed by atoms with Crippen molar-refractivity contribution in [3.63, 3.8) is 0 Å². The number of nitrogens with zero attached hydrogens (tertiary/aromatic N) is 2. The van der Waals surface area contributed by atoms with Gasteiger partial charge in [-0.25, -0.2) is 0 Å². The molecule has 0 aliphatic heterocycles. The second-order valence-corrected chi connectivity index (χ2v) is 12.3. The first kappa shape index (κ1) is 36.7. The number of phenolic OH excluding ortho intramolecular Hbond substituents is 3. The van der Waals surface area contributed by atoms with Crippen LogP contribution >= 0.6 is 15.9 Å². The van der Waals surface area contributed by atoms with Gasteiger partial charge in [-0.2, -0.15) is 10.5 Å². The van der Waals surface area contributed by atoms with Crippen LogP contribution in [0.1, 0.15) is 75.6 Å². The third-order valence-electron chi connectivity index (χ3n) is 7.47. The molecule has 0 bridgehead atoms. The molecule has 6 nitrogen and oxygen atoms in total. The summed E-state index contributed by atoms with van der Waals surface area (Å²) in [5.74, 6) is 1.65. The quantitative estimate of drug-likeness (QED) is 0.114. The number of nitriles is 2. The van der Waals surface area contributed by atoms with Crippen molar-refractivity contribution < 1.29 is 20.1 Å². The Hall–Kier alpha value is -4.46. The average molecular weight is 672 g/mol. The predicted octanol–water partition coefficient (Wildman–Crippen LogP) is 9.51. The number of hydrogen-bond acceptors (Lipinski definition) is 6. The average Bonchev–Trinajstić information content (AvgIpc) is 3.03. The summed E-state index contributed by atoms with van der Waals surface area (Å²) < 4.78 is 5.61.